The average molecular weight is 435 g/mol. The highest BCUT2D eigenvalue weighted by atomic mass is 35.5. The van der Waals surface area contributed by atoms with Gasteiger partial charge in [0.25, 0.3) is 0 Å². The fraction of sp³-hybridized carbons (Fsp3) is 0.0435. The minimum atomic E-state index is 0.186. The van der Waals surface area contributed by atoms with Gasteiger partial charge in [0.15, 0.2) is 5.82 Å². The first-order chi connectivity index (χ1) is 14.5. The molecule has 3 aromatic carbocycles. The molecule has 0 unspecified atom stereocenters. The largest absolute Gasteiger partial charge is 0.456 e. The summed E-state index contributed by atoms with van der Waals surface area (Å²) in [4.78, 5) is 9.28. The highest BCUT2D eigenvalue weighted by Gasteiger charge is 2.17. The van der Waals surface area contributed by atoms with Crippen LogP contribution in [0, 0.1) is 0 Å². The molecule has 0 aliphatic rings. The Morgan fingerprint density at radius 2 is 1.67 bits per heavy atom. The Morgan fingerprint density at radius 3 is 2.47 bits per heavy atom. The van der Waals surface area contributed by atoms with Crippen LogP contribution in [0.2, 0.25) is 10.0 Å². The van der Waals surface area contributed by atoms with Crippen molar-refractivity contribution in [2.45, 2.75) is 6.54 Å². The molecule has 5 nitrogen and oxygen atoms in total. The van der Waals surface area contributed by atoms with E-state index in [-0.39, 0.29) is 6.54 Å². The third-order valence-corrected chi connectivity index (χ3v) is 5.61. The summed E-state index contributed by atoms with van der Waals surface area (Å²) in [5.41, 5.74) is 16.6. The maximum atomic E-state index is 6.43. The van der Waals surface area contributed by atoms with Crippen molar-refractivity contribution in [3.8, 4) is 22.6 Å². The number of anilines is 1. The van der Waals surface area contributed by atoms with Gasteiger partial charge in [-0.2, -0.15) is 0 Å². The summed E-state index contributed by atoms with van der Waals surface area (Å²) in [6.45, 7) is 0.186. The minimum absolute atomic E-state index is 0.186. The second kappa shape index (κ2) is 7.29. The summed E-state index contributed by atoms with van der Waals surface area (Å²) in [5.74, 6) is 0.804. The molecule has 0 saturated heterocycles. The lowest BCUT2D eigenvalue weighted by molar-refractivity contribution is 0.669. The average Bonchev–Trinajstić information content (AvgIpc) is 3.11. The summed E-state index contributed by atoms with van der Waals surface area (Å²) in [5, 5.41) is 3.02. The van der Waals surface area contributed by atoms with Crippen molar-refractivity contribution in [3.63, 3.8) is 0 Å². The number of para-hydroxylation sites is 1. The minimum Gasteiger partial charge on any atom is -0.456 e. The summed E-state index contributed by atoms with van der Waals surface area (Å²) in [7, 11) is 0. The standard InChI is InChI=1S/C23H16Cl2N4O/c24-13-6-7-15(18(25)10-13)21-17(11-26)22(27)29-23(28-21)12-5-8-20-16(9-12)14-3-1-2-4-19(14)30-20/h1-10H,11,26H2,(H2,27,28,29). The van der Waals surface area contributed by atoms with Gasteiger partial charge in [-0.15, -0.1) is 0 Å². The maximum absolute atomic E-state index is 6.43. The summed E-state index contributed by atoms with van der Waals surface area (Å²) in [6, 6.07) is 19.0. The molecular weight excluding hydrogens is 419 g/mol. The van der Waals surface area contributed by atoms with Crippen molar-refractivity contribution in [2.24, 2.45) is 5.73 Å². The molecule has 0 aliphatic carbocycles. The zero-order valence-corrected chi connectivity index (χ0v) is 17.2. The van der Waals surface area contributed by atoms with Crippen LogP contribution in [0.4, 0.5) is 5.82 Å². The number of rotatable bonds is 3. The number of nitrogens with zero attached hydrogens (tertiary/aromatic N) is 2. The normalized spacial score (nSPS) is 11.4. The highest BCUT2D eigenvalue weighted by Crippen LogP contribution is 2.36. The smallest absolute Gasteiger partial charge is 0.162 e. The Kier molecular flexibility index (Phi) is 4.59. The van der Waals surface area contributed by atoms with E-state index in [0.29, 0.717) is 38.5 Å². The van der Waals surface area contributed by atoms with Crippen LogP contribution in [-0.2, 0) is 6.54 Å². The predicted octanol–water partition coefficient (Wildman–Crippen LogP) is 6.06. The summed E-state index contributed by atoms with van der Waals surface area (Å²) >= 11 is 12.5. The molecule has 0 atom stereocenters. The molecule has 0 saturated carbocycles. The molecule has 7 heteroatoms. The van der Waals surface area contributed by atoms with Crippen LogP contribution in [0.15, 0.2) is 65.1 Å². The van der Waals surface area contributed by atoms with E-state index in [2.05, 4.69) is 4.98 Å². The van der Waals surface area contributed by atoms with E-state index in [1.807, 2.05) is 48.5 Å². The zero-order chi connectivity index (χ0) is 20.8. The Labute approximate surface area is 182 Å². The molecule has 0 aliphatic heterocycles. The van der Waals surface area contributed by atoms with Gasteiger partial charge in [-0.1, -0.05) is 41.4 Å². The third kappa shape index (κ3) is 3.08. The van der Waals surface area contributed by atoms with E-state index in [4.69, 9.17) is 44.1 Å². The van der Waals surface area contributed by atoms with E-state index in [9.17, 15) is 0 Å². The van der Waals surface area contributed by atoms with Crippen LogP contribution in [0.25, 0.3) is 44.6 Å². The molecule has 4 N–H and O–H groups in total. The van der Waals surface area contributed by atoms with Crippen LogP contribution >= 0.6 is 23.2 Å². The van der Waals surface area contributed by atoms with Crippen molar-refractivity contribution in [1.82, 2.24) is 9.97 Å². The van der Waals surface area contributed by atoms with Gasteiger partial charge in [0.05, 0.1) is 10.7 Å². The number of nitrogens with two attached hydrogens (primary N) is 2. The molecule has 0 fully saturated rings. The van der Waals surface area contributed by atoms with Crippen LogP contribution in [0.3, 0.4) is 0 Å². The zero-order valence-electron chi connectivity index (χ0n) is 15.7. The quantitative estimate of drug-likeness (QED) is 0.360. The number of halogens is 2. The molecule has 2 aromatic heterocycles. The fourth-order valence-corrected chi connectivity index (χ4v) is 4.10. The summed E-state index contributed by atoms with van der Waals surface area (Å²) in [6.07, 6.45) is 0. The van der Waals surface area contributed by atoms with E-state index in [1.165, 1.54) is 0 Å². The monoisotopic (exact) mass is 434 g/mol. The summed E-state index contributed by atoms with van der Waals surface area (Å²) < 4.78 is 5.91. The van der Waals surface area contributed by atoms with Crippen molar-refractivity contribution in [2.75, 3.05) is 5.73 Å². The van der Waals surface area contributed by atoms with Gasteiger partial charge in [-0.05, 0) is 42.5 Å². The van der Waals surface area contributed by atoms with Crippen LogP contribution in [0.5, 0.6) is 0 Å². The Morgan fingerprint density at radius 1 is 0.867 bits per heavy atom. The lowest BCUT2D eigenvalue weighted by Crippen LogP contribution is -2.09. The number of hydrogen-bond donors (Lipinski definition) is 2. The maximum Gasteiger partial charge on any atom is 0.162 e. The van der Waals surface area contributed by atoms with Gasteiger partial charge < -0.3 is 15.9 Å². The SMILES string of the molecule is NCc1c(N)nc(-c2ccc3oc4ccccc4c3c2)nc1-c1ccc(Cl)cc1Cl. The molecule has 0 amide bonds. The third-order valence-electron chi connectivity index (χ3n) is 5.06. The van der Waals surface area contributed by atoms with Crippen molar-refractivity contribution in [3.05, 3.63) is 76.3 Å². The molecule has 2 heterocycles. The van der Waals surface area contributed by atoms with Crippen molar-refractivity contribution >= 4 is 51.0 Å². The first-order valence-corrected chi connectivity index (χ1v) is 10.0. The Bertz CT molecular complexity index is 1430. The molecule has 5 aromatic rings. The molecule has 5 rings (SSSR count). The molecular formula is C23H16Cl2N4O. The second-order valence-corrected chi connectivity index (χ2v) is 7.74. The Balaban J connectivity index is 1.73. The van der Waals surface area contributed by atoms with Gasteiger partial charge >= 0.3 is 0 Å². The molecule has 148 valence electrons. The number of benzene rings is 3. The van der Waals surface area contributed by atoms with Crippen LogP contribution in [-0.4, -0.2) is 9.97 Å². The lowest BCUT2D eigenvalue weighted by Gasteiger charge is -2.13. The van der Waals surface area contributed by atoms with E-state index in [0.717, 1.165) is 27.5 Å². The number of aromatic nitrogens is 2. The van der Waals surface area contributed by atoms with E-state index in [1.54, 1.807) is 12.1 Å². The number of fused-ring (bicyclic) bond motifs is 3. The molecule has 0 bridgehead atoms. The molecule has 30 heavy (non-hydrogen) atoms. The van der Waals surface area contributed by atoms with Gasteiger partial charge in [0.1, 0.15) is 17.0 Å². The number of furan rings is 1. The van der Waals surface area contributed by atoms with Crippen molar-refractivity contribution in [1.29, 1.82) is 0 Å². The molecule has 0 spiro atoms. The fourth-order valence-electron chi connectivity index (χ4n) is 3.60. The van der Waals surface area contributed by atoms with Gasteiger partial charge in [0.2, 0.25) is 0 Å². The lowest BCUT2D eigenvalue weighted by atomic mass is 10.0. The van der Waals surface area contributed by atoms with Gasteiger partial charge in [0, 0.05) is 39.0 Å². The van der Waals surface area contributed by atoms with Gasteiger partial charge in [-0.3, -0.25) is 0 Å². The van der Waals surface area contributed by atoms with E-state index >= 15 is 0 Å². The molecule has 0 radical (unpaired) electrons. The number of nitrogen functional groups attached to an aromatic ring is 1. The van der Waals surface area contributed by atoms with Crippen LogP contribution in [0.1, 0.15) is 5.56 Å². The predicted molar refractivity (Wildman–Crippen MR) is 123 cm³/mol. The van der Waals surface area contributed by atoms with Crippen LogP contribution < -0.4 is 11.5 Å². The van der Waals surface area contributed by atoms with Crippen molar-refractivity contribution < 1.29 is 4.42 Å². The Hall–Kier alpha value is -3.12. The highest BCUT2D eigenvalue weighted by molar-refractivity contribution is 6.36. The second-order valence-electron chi connectivity index (χ2n) is 6.90. The number of hydrogen-bond acceptors (Lipinski definition) is 5. The van der Waals surface area contributed by atoms with Gasteiger partial charge in [-0.25, -0.2) is 9.97 Å². The first kappa shape index (κ1) is 18.9. The topological polar surface area (TPSA) is 91.0 Å². The first-order valence-electron chi connectivity index (χ1n) is 9.28. The van der Waals surface area contributed by atoms with E-state index < -0.39 is 0 Å².